The molecular formula is C15H11BrIN3O. The van der Waals surface area contributed by atoms with Crippen molar-refractivity contribution in [3.05, 3.63) is 61.9 Å². The zero-order valence-electron chi connectivity index (χ0n) is 10.9. The summed E-state index contributed by atoms with van der Waals surface area (Å²) in [5.41, 5.74) is 8.50. The number of aromatic nitrogens is 2. The molecule has 0 amide bonds. The van der Waals surface area contributed by atoms with E-state index in [-0.39, 0.29) is 0 Å². The number of rotatable bonds is 3. The van der Waals surface area contributed by atoms with Gasteiger partial charge in [-0.3, -0.25) is 0 Å². The molecule has 0 bridgehead atoms. The van der Waals surface area contributed by atoms with Gasteiger partial charge in [0.05, 0.1) is 5.56 Å². The molecule has 2 aromatic carbocycles. The number of halogens is 2. The van der Waals surface area contributed by atoms with Crippen LogP contribution >= 0.6 is 38.5 Å². The number of hydrogen-bond acceptors (Lipinski definition) is 4. The zero-order chi connectivity index (χ0) is 14.8. The molecule has 3 aromatic rings. The van der Waals surface area contributed by atoms with Crippen molar-refractivity contribution in [3.8, 4) is 11.5 Å². The van der Waals surface area contributed by atoms with Crippen molar-refractivity contribution < 1.29 is 4.52 Å². The molecule has 0 aliphatic carbocycles. The summed E-state index contributed by atoms with van der Waals surface area (Å²) in [7, 11) is 0. The van der Waals surface area contributed by atoms with Crippen LogP contribution in [-0.4, -0.2) is 10.1 Å². The second kappa shape index (κ2) is 6.15. The van der Waals surface area contributed by atoms with Crippen molar-refractivity contribution in [2.75, 3.05) is 5.73 Å². The van der Waals surface area contributed by atoms with E-state index in [9.17, 15) is 0 Å². The first-order valence-electron chi connectivity index (χ1n) is 6.24. The van der Waals surface area contributed by atoms with Crippen LogP contribution in [-0.2, 0) is 6.42 Å². The van der Waals surface area contributed by atoms with Gasteiger partial charge in [0.15, 0.2) is 5.82 Å². The first-order chi connectivity index (χ1) is 10.1. The number of anilines is 1. The van der Waals surface area contributed by atoms with E-state index in [0.717, 1.165) is 19.2 Å². The van der Waals surface area contributed by atoms with Crippen LogP contribution in [0.2, 0.25) is 0 Å². The van der Waals surface area contributed by atoms with Crippen LogP contribution in [0.25, 0.3) is 11.5 Å². The van der Waals surface area contributed by atoms with E-state index in [2.05, 4.69) is 48.7 Å². The fourth-order valence-corrected chi connectivity index (χ4v) is 2.69. The number of nitrogen functional groups attached to an aromatic ring is 1. The van der Waals surface area contributed by atoms with E-state index in [4.69, 9.17) is 10.3 Å². The van der Waals surface area contributed by atoms with Crippen LogP contribution < -0.4 is 5.73 Å². The van der Waals surface area contributed by atoms with Crippen molar-refractivity contribution in [1.82, 2.24) is 10.1 Å². The Hall–Kier alpha value is -1.41. The summed E-state index contributed by atoms with van der Waals surface area (Å²) >= 11 is 5.64. The third-order valence-corrected chi connectivity index (χ3v) is 4.19. The summed E-state index contributed by atoms with van der Waals surface area (Å²) in [4.78, 5) is 4.43. The lowest BCUT2D eigenvalue weighted by Crippen LogP contribution is -1.92. The van der Waals surface area contributed by atoms with Crippen molar-refractivity contribution in [2.45, 2.75) is 6.42 Å². The summed E-state index contributed by atoms with van der Waals surface area (Å²) in [6.45, 7) is 0. The van der Waals surface area contributed by atoms with E-state index in [0.29, 0.717) is 23.8 Å². The quantitative estimate of drug-likeness (QED) is 0.473. The average Bonchev–Trinajstić information content (AvgIpc) is 2.92. The third kappa shape index (κ3) is 3.44. The Bertz CT molecular complexity index is 771. The molecule has 0 radical (unpaired) electrons. The van der Waals surface area contributed by atoms with Crippen molar-refractivity contribution >= 4 is 44.2 Å². The monoisotopic (exact) mass is 455 g/mol. The molecule has 0 atom stereocenters. The molecule has 4 nitrogen and oxygen atoms in total. The third-order valence-electron chi connectivity index (χ3n) is 2.99. The Kier molecular flexibility index (Phi) is 4.25. The van der Waals surface area contributed by atoms with Crippen LogP contribution in [0, 0.1) is 3.57 Å². The Labute approximate surface area is 144 Å². The topological polar surface area (TPSA) is 64.9 Å². The molecule has 1 heterocycles. The average molecular weight is 456 g/mol. The largest absolute Gasteiger partial charge is 0.398 e. The Morgan fingerprint density at radius 3 is 2.67 bits per heavy atom. The van der Waals surface area contributed by atoms with E-state index >= 15 is 0 Å². The van der Waals surface area contributed by atoms with Crippen LogP contribution in [0.1, 0.15) is 11.4 Å². The number of nitrogens with two attached hydrogens (primary N) is 1. The van der Waals surface area contributed by atoms with E-state index in [1.54, 1.807) is 0 Å². The molecule has 106 valence electrons. The predicted molar refractivity (Wildman–Crippen MR) is 93.8 cm³/mol. The zero-order valence-corrected chi connectivity index (χ0v) is 14.6. The van der Waals surface area contributed by atoms with E-state index in [1.807, 2.05) is 42.5 Å². The number of hydrogen-bond donors (Lipinski definition) is 1. The van der Waals surface area contributed by atoms with Gasteiger partial charge in [0.25, 0.3) is 5.89 Å². The first kappa shape index (κ1) is 14.5. The fourth-order valence-electron chi connectivity index (χ4n) is 1.93. The van der Waals surface area contributed by atoms with Gasteiger partial charge in [-0.15, -0.1) is 0 Å². The highest BCUT2D eigenvalue weighted by molar-refractivity contribution is 14.1. The summed E-state index contributed by atoms with van der Waals surface area (Å²) in [6.07, 6.45) is 0.626. The highest BCUT2D eigenvalue weighted by Crippen LogP contribution is 2.26. The van der Waals surface area contributed by atoms with E-state index < -0.39 is 0 Å². The van der Waals surface area contributed by atoms with Gasteiger partial charge in [-0.05, 0) is 58.5 Å². The number of nitrogens with zero attached hydrogens (tertiary/aromatic N) is 2. The molecule has 6 heteroatoms. The highest BCUT2D eigenvalue weighted by Gasteiger charge is 2.12. The maximum Gasteiger partial charge on any atom is 0.260 e. The van der Waals surface area contributed by atoms with Crippen LogP contribution in [0.4, 0.5) is 5.69 Å². The van der Waals surface area contributed by atoms with Gasteiger partial charge in [-0.1, -0.05) is 33.2 Å². The highest BCUT2D eigenvalue weighted by atomic mass is 127. The maximum absolute atomic E-state index is 5.96. The van der Waals surface area contributed by atoms with Crippen molar-refractivity contribution in [1.29, 1.82) is 0 Å². The Balaban J connectivity index is 1.86. The molecule has 3 rings (SSSR count). The number of benzene rings is 2. The van der Waals surface area contributed by atoms with Gasteiger partial charge in [0.1, 0.15) is 0 Å². The lowest BCUT2D eigenvalue weighted by Gasteiger charge is -2.00. The summed E-state index contributed by atoms with van der Waals surface area (Å²) in [5.74, 6) is 1.10. The standard InChI is InChI=1S/C15H11BrIN3O/c16-10-3-1-9(2-4-10)7-14-19-15(21-20-14)12-8-11(17)5-6-13(12)18/h1-6,8H,7,18H2. The minimum atomic E-state index is 0.457. The van der Waals surface area contributed by atoms with Gasteiger partial charge in [0, 0.05) is 20.2 Å². The van der Waals surface area contributed by atoms with Gasteiger partial charge < -0.3 is 10.3 Å². The van der Waals surface area contributed by atoms with Gasteiger partial charge in [-0.25, -0.2) is 0 Å². The smallest absolute Gasteiger partial charge is 0.260 e. The SMILES string of the molecule is Nc1ccc(I)cc1-c1nc(Cc2ccc(Br)cc2)no1. The molecule has 0 aliphatic rings. The molecule has 0 saturated carbocycles. The normalized spacial score (nSPS) is 10.8. The lowest BCUT2D eigenvalue weighted by molar-refractivity contribution is 0.424. The molecule has 0 fully saturated rings. The molecule has 0 aliphatic heterocycles. The molecular weight excluding hydrogens is 445 g/mol. The maximum atomic E-state index is 5.96. The summed E-state index contributed by atoms with van der Waals surface area (Å²) in [5, 5.41) is 4.03. The molecule has 2 N–H and O–H groups in total. The van der Waals surface area contributed by atoms with Crippen molar-refractivity contribution in [2.24, 2.45) is 0 Å². The van der Waals surface area contributed by atoms with Crippen LogP contribution in [0.15, 0.2) is 51.5 Å². The van der Waals surface area contributed by atoms with Crippen LogP contribution in [0.3, 0.4) is 0 Å². The van der Waals surface area contributed by atoms with Gasteiger partial charge in [0.2, 0.25) is 0 Å². The summed E-state index contributed by atoms with van der Waals surface area (Å²) in [6, 6.07) is 13.8. The van der Waals surface area contributed by atoms with E-state index in [1.165, 1.54) is 0 Å². The lowest BCUT2D eigenvalue weighted by atomic mass is 10.1. The molecule has 1 aromatic heterocycles. The van der Waals surface area contributed by atoms with Crippen molar-refractivity contribution in [3.63, 3.8) is 0 Å². The first-order valence-corrected chi connectivity index (χ1v) is 8.11. The molecule has 0 unspecified atom stereocenters. The van der Waals surface area contributed by atoms with Gasteiger partial charge in [-0.2, -0.15) is 4.98 Å². The molecule has 21 heavy (non-hydrogen) atoms. The predicted octanol–water partition coefficient (Wildman–Crippen LogP) is 4.28. The second-order valence-electron chi connectivity index (χ2n) is 4.55. The van der Waals surface area contributed by atoms with Crippen LogP contribution in [0.5, 0.6) is 0 Å². The minimum absolute atomic E-state index is 0.457. The fraction of sp³-hybridized carbons (Fsp3) is 0.0667. The Morgan fingerprint density at radius 1 is 1.14 bits per heavy atom. The second-order valence-corrected chi connectivity index (χ2v) is 6.71. The molecule has 0 spiro atoms. The Morgan fingerprint density at radius 2 is 1.90 bits per heavy atom. The van der Waals surface area contributed by atoms with Gasteiger partial charge >= 0.3 is 0 Å². The minimum Gasteiger partial charge on any atom is -0.398 e. The molecule has 0 saturated heterocycles. The summed E-state index contributed by atoms with van der Waals surface area (Å²) < 4.78 is 7.45.